The van der Waals surface area contributed by atoms with Gasteiger partial charge in [0.2, 0.25) is 5.91 Å². The van der Waals surface area contributed by atoms with Crippen LogP contribution in [0, 0.1) is 5.82 Å². The first-order chi connectivity index (χ1) is 10.9. The third-order valence-corrected chi connectivity index (χ3v) is 4.45. The first kappa shape index (κ1) is 15.7. The van der Waals surface area contributed by atoms with Crippen LogP contribution in [-0.2, 0) is 16.8 Å². The van der Waals surface area contributed by atoms with Crippen molar-refractivity contribution in [3.8, 4) is 0 Å². The topological polar surface area (TPSA) is 46.3 Å². The molecule has 1 heterocycles. The number of halogens is 1. The normalized spacial score (nSPS) is 15.7. The highest BCUT2D eigenvalue weighted by Crippen LogP contribution is 2.49. The first-order valence-electron chi connectivity index (χ1n) is 7.89. The van der Waals surface area contributed by atoms with Gasteiger partial charge in [0.15, 0.2) is 0 Å². The number of nitrogens with zero attached hydrogens (tertiary/aromatic N) is 2. The van der Waals surface area contributed by atoms with Gasteiger partial charge < -0.3 is 9.42 Å². The highest BCUT2D eigenvalue weighted by atomic mass is 19.1. The minimum atomic E-state index is -0.493. The van der Waals surface area contributed by atoms with Gasteiger partial charge in [-0.05, 0) is 30.5 Å². The van der Waals surface area contributed by atoms with Gasteiger partial charge in [0.1, 0.15) is 17.3 Å². The minimum absolute atomic E-state index is 0.0539. The number of hydrogen-bond acceptors (Lipinski definition) is 3. The number of likely N-dealkylation sites (N-methyl/N-ethyl adjacent to an activating group) is 1. The van der Waals surface area contributed by atoms with Crippen LogP contribution in [0.25, 0.3) is 0 Å². The molecule has 1 aliphatic rings. The molecule has 0 radical (unpaired) electrons. The van der Waals surface area contributed by atoms with Crippen molar-refractivity contribution in [2.45, 2.75) is 44.6 Å². The number of amides is 1. The fraction of sp³-hybridized carbons (Fsp3) is 0.444. The van der Waals surface area contributed by atoms with Gasteiger partial charge >= 0.3 is 0 Å². The average Bonchev–Trinajstić information content (AvgIpc) is 3.19. The van der Waals surface area contributed by atoms with E-state index in [-0.39, 0.29) is 17.6 Å². The van der Waals surface area contributed by atoms with Gasteiger partial charge in [0.05, 0.1) is 12.0 Å². The Balaban J connectivity index is 1.72. The zero-order valence-corrected chi connectivity index (χ0v) is 13.7. The molecule has 4 nitrogen and oxygen atoms in total. The number of benzene rings is 1. The molecule has 1 aliphatic carbocycles. The second-order valence-corrected chi connectivity index (χ2v) is 6.63. The van der Waals surface area contributed by atoms with Crippen LogP contribution in [0.15, 0.2) is 34.9 Å². The van der Waals surface area contributed by atoms with E-state index in [1.807, 2.05) is 19.9 Å². The van der Waals surface area contributed by atoms with Crippen LogP contribution in [0.4, 0.5) is 4.39 Å². The number of hydrogen-bond donors (Lipinski definition) is 0. The highest BCUT2D eigenvalue weighted by molar-refractivity contribution is 5.91. The first-order valence-corrected chi connectivity index (χ1v) is 7.89. The lowest BCUT2D eigenvalue weighted by molar-refractivity contribution is -0.133. The van der Waals surface area contributed by atoms with E-state index in [0.717, 1.165) is 29.9 Å². The summed E-state index contributed by atoms with van der Waals surface area (Å²) >= 11 is 0. The largest absolute Gasteiger partial charge is 0.361 e. The van der Waals surface area contributed by atoms with Gasteiger partial charge in [0.25, 0.3) is 0 Å². The summed E-state index contributed by atoms with van der Waals surface area (Å²) in [5, 5.41) is 4.03. The number of rotatable bonds is 5. The quantitative estimate of drug-likeness (QED) is 0.846. The highest BCUT2D eigenvalue weighted by Gasteiger charge is 2.52. The Hall–Kier alpha value is -2.17. The van der Waals surface area contributed by atoms with E-state index < -0.39 is 5.41 Å². The summed E-state index contributed by atoms with van der Waals surface area (Å²) in [6.07, 6.45) is 1.61. The molecule has 0 bridgehead atoms. The Morgan fingerprint density at radius 1 is 1.35 bits per heavy atom. The van der Waals surface area contributed by atoms with Crippen molar-refractivity contribution in [1.82, 2.24) is 10.1 Å². The summed E-state index contributed by atoms with van der Waals surface area (Å²) in [5.74, 6) is 0.860. The second-order valence-electron chi connectivity index (χ2n) is 6.63. The van der Waals surface area contributed by atoms with Crippen LogP contribution in [0.1, 0.15) is 49.6 Å². The molecule has 0 N–H and O–H groups in total. The molecular weight excluding hydrogens is 295 g/mol. The summed E-state index contributed by atoms with van der Waals surface area (Å²) < 4.78 is 18.4. The lowest BCUT2D eigenvalue weighted by atomic mass is 9.94. The molecule has 0 atom stereocenters. The zero-order chi connectivity index (χ0) is 16.6. The molecule has 23 heavy (non-hydrogen) atoms. The minimum Gasteiger partial charge on any atom is -0.361 e. The van der Waals surface area contributed by atoms with Crippen molar-refractivity contribution in [2.75, 3.05) is 7.05 Å². The molecule has 2 aromatic rings. The molecule has 1 amide bonds. The van der Waals surface area contributed by atoms with E-state index in [1.165, 1.54) is 12.1 Å². The lowest BCUT2D eigenvalue weighted by Crippen LogP contribution is -2.36. The Morgan fingerprint density at radius 3 is 2.52 bits per heavy atom. The molecule has 0 saturated heterocycles. The Morgan fingerprint density at radius 2 is 2.00 bits per heavy atom. The summed E-state index contributed by atoms with van der Waals surface area (Å²) in [5.41, 5.74) is 1.14. The van der Waals surface area contributed by atoms with Crippen LogP contribution in [-0.4, -0.2) is 23.0 Å². The van der Waals surface area contributed by atoms with Crippen molar-refractivity contribution in [2.24, 2.45) is 0 Å². The van der Waals surface area contributed by atoms with Gasteiger partial charge in [0, 0.05) is 19.0 Å². The fourth-order valence-electron chi connectivity index (χ4n) is 2.87. The second kappa shape index (κ2) is 5.80. The maximum atomic E-state index is 13.1. The molecule has 1 fully saturated rings. The molecule has 0 spiro atoms. The predicted molar refractivity (Wildman–Crippen MR) is 84.4 cm³/mol. The van der Waals surface area contributed by atoms with E-state index >= 15 is 0 Å². The molecule has 5 heteroatoms. The predicted octanol–water partition coefficient (Wildman–Crippen LogP) is 3.63. The monoisotopic (exact) mass is 316 g/mol. The number of carbonyl (C=O) groups excluding carboxylic acids is 1. The van der Waals surface area contributed by atoms with E-state index in [0.29, 0.717) is 6.54 Å². The Labute approximate surface area is 135 Å². The van der Waals surface area contributed by atoms with Crippen molar-refractivity contribution in [1.29, 1.82) is 0 Å². The molecule has 0 aliphatic heterocycles. The molecule has 1 saturated carbocycles. The van der Waals surface area contributed by atoms with Crippen molar-refractivity contribution < 1.29 is 13.7 Å². The van der Waals surface area contributed by atoms with Crippen LogP contribution < -0.4 is 0 Å². The molecule has 3 rings (SSSR count). The van der Waals surface area contributed by atoms with Gasteiger partial charge in [-0.3, -0.25) is 4.79 Å². The average molecular weight is 316 g/mol. The zero-order valence-electron chi connectivity index (χ0n) is 13.7. The third-order valence-electron chi connectivity index (χ3n) is 4.45. The maximum absolute atomic E-state index is 13.1. The summed E-state index contributed by atoms with van der Waals surface area (Å²) in [6.45, 7) is 4.48. The third kappa shape index (κ3) is 3.00. The number of carbonyl (C=O) groups is 1. The summed E-state index contributed by atoms with van der Waals surface area (Å²) in [6, 6.07) is 8.14. The van der Waals surface area contributed by atoms with E-state index in [4.69, 9.17) is 4.52 Å². The van der Waals surface area contributed by atoms with E-state index in [2.05, 4.69) is 5.16 Å². The van der Waals surface area contributed by atoms with Crippen LogP contribution >= 0.6 is 0 Å². The van der Waals surface area contributed by atoms with Crippen LogP contribution in [0.3, 0.4) is 0 Å². The van der Waals surface area contributed by atoms with E-state index in [9.17, 15) is 9.18 Å². The van der Waals surface area contributed by atoms with Gasteiger partial charge in [-0.15, -0.1) is 0 Å². The number of aromatic nitrogens is 1. The van der Waals surface area contributed by atoms with Crippen LogP contribution in [0.5, 0.6) is 0 Å². The van der Waals surface area contributed by atoms with E-state index in [1.54, 1.807) is 24.1 Å². The maximum Gasteiger partial charge on any atom is 0.233 e. The van der Waals surface area contributed by atoms with Gasteiger partial charge in [-0.25, -0.2) is 4.39 Å². The summed E-state index contributed by atoms with van der Waals surface area (Å²) in [4.78, 5) is 14.5. The Kier molecular flexibility index (Phi) is 3.96. The molecule has 122 valence electrons. The molecule has 0 unspecified atom stereocenters. The molecule has 1 aromatic heterocycles. The van der Waals surface area contributed by atoms with Crippen LogP contribution in [0.2, 0.25) is 0 Å². The van der Waals surface area contributed by atoms with Crippen molar-refractivity contribution in [3.05, 3.63) is 53.2 Å². The summed E-state index contributed by atoms with van der Waals surface area (Å²) in [7, 11) is 1.77. The van der Waals surface area contributed by atoms with Crippen molar-refractivity contribution in [3.63, 3.8) is 0 Å². The molecular formula is C18H21FN2O2. The SMILES string of the molecule is CC(C)c1cc(CN(C)C(=O)C2(c3ccc(F)cc3)CC2)no1. The Bertz CT molecular complexity index is 702. The van der Waals surface area contributed by atoms with Crippen molar-refractivity contribution >= 4 is 5.91 Å². The standard InChI is InChI=1S/C18H21FN2O2/c1-12(2)16-10-15(20-23-16)11-21(3)17(22)18(8-9-18)13-4-6-14(19)7-5-13/h4-7,10,12H,8-9,11H2,1-3H3. The lowest BCUT2D eigenvalue weighted by Gasteiger charge is -2.23. The van der Waals surface area contributed by atoms with Gasteiger partial charge in [-0.2, -0.15) is 0 Å². The van der Waals surface area contributed by atoms with Gasteiger partial charge in [-0.1, -0.05) is 31.1 Å². The smallest absolute Gasteiger partial charge is 0.233 e. The fourth-order valence-corrected chi connectivity index (χ4v) is 2.87. The molecule has 1 aromatic carbocycles.